The molecule has 2 rings (SSSR count). The molecular formula is C15H19NO3. The highest BCUT2D eigenvalue weighted by Gasteiger charge is 2.30. The molecule has 0 saturated heterocycles. The monoisotopic (exact) mass is 261 g/mol. The van der Waals surface area contributed by atoms with Crippen molar-refractivity contribution in [2.24, 2.45) is 10.4 Å². The van der Waals surface area contributed by atoms with Gasteiger partial charge in [0.05, 0.1) is 18.7 Å². The number of hydrogen-bond acceptors (Lipinski definition) is 4. The second kappa shape index (κ2) is 5.03. The first-order chi connectivity index (χ1) is 8.91. The van der Waals surface area contributed by atoms with Crippen molar-refractivity contribution < 1.29 is 14.3 Å². The number of carbonyl (C=O) groups excluding carboxylic acids is 1. The summed E-state index contributed by atoms with van der Waals surface area (Å²) in [6.07, 6.45) is 0. The van der Waals surface area contributed by atoms with Crippen molar-refractivity contribution in [2.75, 3.05) is 13.7 Å². The van der Waals surface area contributed by atoms with Gasteiger partial charge in [-0.25, -0.2) is 9.79 Å². The van der Waals surface area contributed by atoms with Crippen LogP contribution < -0.4 is 0 Å². The second-order valence-electron chi connectivity index (χ2n) is 5.70. The van der Waals surface area contributed by atoms with E-state index in [1.165, 1.54) is 7.11 Å². The molecule has 1 aliphatic rings. The van der Waals surface area contributed by atoms with Gasteiger partial charge in [0.1, 0.15) is 6.61 Å². The van der Waals surface area contributed by atoms with Crippen LogP contribution in [0.2, 0.25) is 0 Å². The van der Waals surface area contributed by atoms with Gasteiger partial charge in [-0.15, -0.1) is 0 Å². The minimum atomic E-state index is -0.339. The third-order valence-electron chi connectivity index (χ3n) is 3.20. The van der Waals surface area contributed by atoms with E-state index in [2.05, 4.69) is 30.5 Å². The Morgan fingerprint density at radius 1 is 1.32 bits per heavy atom. The zero-order valence-corrected chi connectivity index (χ0v) is 11.8. The Hall–Kier alpha value is -1.84. The van der Waals surface area contributed by atoms with E-state index in [0.717, 1.165) is 5.56 Å². The fraction of sp³-hybridized carbons (Fsp3) is 0.467. The molecule has 0 aromatic heterocycles. The molecule has 0 aliphatic carbocycles. The molecule has 0 radical (unpaired) electrons. The Bertz CT molecular complexity index is 497. The van der Waals surface area contributed by atoms with Crippen molar-refractivity contribution in [1.29, 1.82) is 0 Å². The summed E-state index contributed by atoms with van der Waals surface area (Å²) in [5.74, 6) is 0.310. The van der Waals surface area contributed by atoms with E-state index in [1.54, 1.807) is 12.1 Å². The Labute approximate surface area is 113 Å². The van der Waals surface area contributed by atoms with E-state index in [1.807, 2.05) is 12.1 Å². The minimum Gasteiger partial charge on any atom is -0.475 e. The summed E-state index contributed by atoms with van der Waals surface area (Å²) < 4.78 is 10.3. The summed E-state index contributed by atoms with van der Waals surface area (Å²) in [6, 6.07) is 7.27. The molecule has 1 aromatic rings. The lowest BCUT2D eigenvalue weighted by Crippen LogP contribution is -2.25. The van der Waals surface area contributed by atoms with Crippen molar-refractivity contribution in [1.82, 2.24) is 0 Å². The van der Waals surface area contributed by atoms with Crippen LogP contribution in [0.15, 0.2) is 29.3 Å². The number of ether oxygens (including phenoxy) is 2. The number of methoxy groups -OCH3 is 1. The molecule has 1 aromatic carbocycles. The Kier molecular flexibility index (Phi) is 3.60. The third-order valence-corrected chi connectivity index (χ3v) is 3.20. The molecule has 102 valence electrons. The van der Waals surface area contributed by atoms with Gasteiger partial charge >= 0.3 is 5.97 Å². The lowest BCUT2D eigenvalue weighted by molar-refractivity contribution is 0.0600. The molecule has 0 N–H and O–H groups in total. The van der Waals surface area contributed by atoms with Crippen LogP contribution in [0, 0.1) is 5.41 Å². The second-order valence-corrected chi connectivity index (χ2v) is 5.70. The van der Waals surface area contributed by atoms with Gasteiger partial charge in [-0.1, -0.05) is 20.8 Å². The Balaban J connectivity index is 2.18. The maximum atomic E-state index is 11.3. The molecule has 4 heteroatoms. The van der Waals surface area contributed by atoms with E-state index < -0.39 is 0 Å². The number of hydrogen-bond donors (Lipinski definition) is 0. The highest BCUT2D eigenvalue weighted by Crippen LogP contribution is 2.27. The first-order valence-corrected chi connectivity index (χ1v) is 6.31. The molecule has 4 nitrogen and oxygen atoms in total. The van der Waals surface area contributed by atoms with Gasteiger partial charge in [-0.2, -0.15) is 0 Å². The zero-order valence-electron chi connectivity index (χ0n) is 11.8. The summed E-state index contributed by atoms with van der Waals surface area (Å²) in [7, 11) is 1.37. The van der Waals surface area contributed by atoms with Gasteiger partial charge in [-0.05, 0) is 29.7 Å². The maximum Gasteiger partial charge on any atom is 0.337 e. The highest BCUT2D eigenvalue weighted by atomic mass is 16.5. The van der Waals surface area contributed by atoms with Crippen LogP contribution in [-0.4, -0.2) is 31.6 Å². The van der Waals surface area contributed by atoms with Gasteiger partial charge < -0.3 is 9.47 Å². The number of carbonyl (C=O) groups is 1. The number of aliphatic imine (C=N–C) groups is 1. The van der Waals surface area contributed by atoms with Crippen LogP contribution >= 0.6 is 0 Å². The quantitative estimate of drug-likeness (QED) is 0.769. The molecule has 1 atom stereocenters. The molecule has 0 fully saturated rings. The van der Waals surface area contributed by atoms with Crippen LogP contribution in [0.25, 0.3) is 0 Å². The predicted molar refractivity (Wildman–Crippen MR) is 73.5 cm³/mol. The number of nitrogens with zero attached hydrogens (tertiary/aromatic N) is 1. The minimum absolute atomic E-state index is 0.0910. The number of rotatable bonds is 2. The Morgan fingerprint density at radius 3 is 2.42 bits per heavy atom. The van der Waals surface area contributed by atoms with Crippen LogP contribution in [0.5, 0.6) is 0 Å². The highest BCUT2D eigenvalue weighted by molar-refractivity contribution is 5.96. The largest absolute Gasteiger partial charge is 0.475 e. The summed E-state index contributed by atoms with van der Waals surface area (Å²) in [4.78, 5) is 15.9. The molecular weight excluding hydrogens is 242 g/mol. The molecule has 0 bridgehead atoms. The fourth-order valence-corrected chi connectivity index (χ4v) is 1.84. The summed E-state index contributed by atoms with van der Waals surface area (Å²) >= 11 is 0. The van der Waals surface area contributed by atoms with Gasteiger partial charge in [-0.3, -0.25) is 0 Å². The molecule has 1 heterocycles. The molecule has 1 aliphatic heterocycles. The lowest BCUT2D eigenvalue weighted by atomic mass is 9.88. The molecule has 0 amide bonds. The SMILES string of the molecule is COC(=O)c1ccc(C2=N[C@@H](C(C)(C)C)CO2)cc1. The van der Waals surface area contributed by atoms with E-state index in [-0.39, 0.29) is 17.4 Å². The van der Waals surface area contributed by atoms with Crippen molar-refractivity contribution in [3.05, 3.63) is 35.4 Å². The molecule has 0 unspecified atom stereocenters. The van der Waals surface area contributed by atoms with E-state index in [9.17, 15) is 4.79 Å². The summed E-state index contributed by atoms with van der Waals surface area (Å²) in [5, 5.41) is 0. The van der Waals surface area contributed by atoms with Crippen LogP contribution in [0.3, 0.4) is 0 Å². The average Bonchev–Trinajstić information content (AvgIpc) is 2.87. The van der Waals surface area contributed by atoms with E-state index >= 15 is 0 Å². The van der Waals surface area contributed by atoms with Crippen LogP contribution in [-0.2, 0) is 9.47 Å². The van der Waals surface area contributed by atoms with E-state index in [0.29, 0.717) is 18.1 Å². The Morgan fingerprint density at radius 2 is 1.95 bits per heavy atom. The average molecular weight is 261 g/mol. The van der Waals surface area contributed by atoms with Crippen molar-refractivity contribution in [3.8, 4) is 0 Å². The van der Waals surface area contributed by atoms with Crippen molar-refractivity contribution in [2.45, 2.75) is 26.8 Å². The lowest BCUT2D eigenvalue weighted by Gasteiger charge is -2.21. The zero-order chi connectivity index (χ0) is 14.0. The van der Waals surface area contributed by atoms with Crippen LogP contribution in [0.4, 0.5) is 0 Å². The summed E-state index contributed by atoms with van der Waals surface area (Å²) in [6.45, 7) is 7.05. The smallest absolute Gasteiger partial charge is 0.337 e. The van der Waals surface area contributed by atoms with Crippen molar-refractivity contribution >= 4 is 11.9 Å². The number of benzene rings is 1. The van der Waals surface area contributed by atoms with E-state index in [4.69, 9.17) is 4.74 Å². The van der Waals surface area contributed by atoms with Crippen molar-refractivity contribution in [3.63, 3.8) is 0 Å². The van der Waals surface area contributed by atoms with Crippen LogP contribution in [0.1, 0.15) is 36.7 Å². The topological polar surface area (TPSA) is 47.9 Å². The third kappa shape index (κ3) is 2.95. The normalized spacial score (nSPS) is 18.7. The van der Waals surface area contributed by atoms with Gasteiger partial charge in [0.15, 0.2) is 0 Å². The summed E-state index contributed by atoms with van der Waals surface area (Å²) in [5.41, 5.74) is 1.50. The standard InChI is InChI=1S/C15H19NO3/c1-15(2,3)12-9-19-13(16-12)10-5-7-11(8-6-10)14(17)18-4/h5-8,12H,9H2,1-4H3/t12-/m1/s1. The molecule has 0 spiro atoms. The number of esters is 1. The van der Waals surface area contributed by atoms with Gasteiger partial charge in [0.25, 0.3) is 0 Å². The predicted octanol–water partition coefficient (Wildman–Crippen LogP) is 2.66. The molecule has 19 heavy (non-hydrogen) atoms. The molecule has 0 saturated carbocycles. The first kappa shape index (κ1) is 13.6. The first-order valence-electron chi connectivity index (χ1n) is 6.31. The van der Waals surface area contributed by atoms with Gasteiger partial charge in [0.2, 0.25) is 5.90 Å². The van der Waals surface area contributed by atoms with Gasteiger partial charge in [0, 0.05) is 5.56 Å². The fourth-order valence-electron chi connectivity index (χ4n) is 1.84. The maximum absolute atomic E-state index is 11.3.